The monoisotopic (exact) mass is 354 g/mol. The van der Waals surface area contributed by atoms with Crippen LogP contribution in [-0.4, -0.2) is 37.0 Å². The van der Waals surface area contributed by atoms with E-state index in [0.717, 1.165) is 17.7 Å². The normalized spacial score (nSPS) is 23.9. The molecule has 1 fully saturated rings. The second-order valence-corrected chi connectivity index (χ2v) is 9.84. The Morgan fingerprint density at radius 3 is 2.61 bits per heavy atom. The number of piperidine rings is 1. The fourth-order valence-electron chi connectivity index (χ4n) is 2.97. The number of sulfonamides is 1. The standard InChI is InChI=1S/C16H22N2O3S2/c1-11-5-7-18(8-6-11)23(20,21)13-3-4-15-14(10-13)17-16(19)9-12(2)22-15/h3-4,10-12H,5-9H2,1-2H3,(H,17,19). The lowest BCUT2D eigenvalue weighted by molar-refractivity contribution is -0.116. The van der Waals surface area contributed by atoms with Crippen LogP contribution in [0.2, 0.25) is 0 Å². The summed E-state index contributed by atoms with van der Waals surface area (Å²) in [6.07, 6.45) is 2.23. The Kier molecular flexibility index (Phi) is 4.71. The highest BCUT2D eigenvalue weighted by molar-refractivity contribution is 8.00. The molecular formula is C16H22N2O3S2. The Bertz CT molecular complexity index is 710. The fourth-order valence-corrected chi connectivity index (χ4v) is 5.51. The van der Waals surface area contributed by atoms with Gasteiger partial charge >= 0.3 is 0 Å². The van der Waals surface area contributed by atoms with Gasteiger partial charge in [-0.3, -0.25) is 4.79 Å². The molecule has 1 atom stereocenters. The molecule has 1 saturated heterocycles. The smallest absolute Gasteiger partial charge is 0.243 e. The maximum Gasteiger partial charge on any atom is 0.243 e. The van der Waals surface area contributed by atoms with Crippen molar-refractivity contribution in [1.82, 2.24) is 4.31 Å². The molecule has 2 heterocycles. The van der Waals surface area contributed by atoms with E-state index >= 15 is 0 Å². The molecule has 0 aliphatic carbocycles. The number of hydrogen-bond acceptors (Lipinski definition) is 4. The summed E-state index contributed by atoms with van der Waals surface area (Å²) < 4.78 is 27.2. The molecule has 1 aromatic carbocycles. The summed E-state index contributed by atoms with van der Waals surface area (Å²) >= 11 is 1.60. The second-order valence-electron chi connectivity index (χ2n) is 6.43. The van der Waals surface area contributed by atoms with Crippen molar-refractivity contribution in [3.63, 3.8) is 0 Å². The summed E-state index contributed by atoms with van der Waals surface area (Å²) in [7, 11) is -3.49. The Morgan fingerprint density at radius 2 is 1.91 bits per heavy atom. The van der Waals surface area contributed by atoms with Gasteiger partial charge in [-0.2, -0.15) is 4.31 Å². The third-order valence-corrected chi connectivity index (χ3v) is 7.48. The largest absolute Gasteiger partial charge is 0.325 e. The molecule has 0 bridgehead atoms. The Balaban J connectivity index is 1.90. The van der Waals surface area contributed by atoms with Gasteiger partial charge in [0.05, 0.1) is 10.6 Å². The van der Waals surface area contributed by atoms with Crippen LogP contribution in [0.5, 0.6) is 0 Å². The van der Waals surface area contributed by atoms with Crippen LogP contribution in [0, 0.1) is 5.92 Å². The van der Waals surface area contributed by atoms with Gasteiger partial charge in [0.15, 0.2) is 0 Å². The molecule has 126 valence electrons. The van der Waals surface area contributed by atoms with Crippen molar-refractivity contribution in [2.75, 3.05) is 18.4 Å². The Hall–Kier alpha value is -1.05. The van der Waals surface area contributed by atoms with E-state index in [1.165, 1.54) is 0 Å². The number of benzene rings is 1. The van der Waals surface area contributed by atoms with Crippen LogP contribution in [-0.2, 0) is 14.8 Å². The van der Waals surface area contributed by atoms with Crippen LogP contribution in [0.1, 0.15) is 33.1 Å². The minimum absolute atomic E-state index is 0.0647. The molecule has 0 saturated carbocycles. The summed E-state index contributed by atoms with van der Waals surface area (Å²) in [4.78, 5) is 13.1. The van der Waals surface area contributed by atoms with Crippen molar-refractivity contribution < 1.29 is 13.2 Å². The number of carbonyl (C=O) groups excluding carboxylic acids is 1. The van der Waals surface area contributed by atoms with E-state index in [4.69, 9.17) is 0 Å². The third-order valence-electron chi connectivity index (χ3n) is 4.41. The number of fused-ring (bicyclic) bond motifs is 1. The number of rotatable bonds is 2. The first kappa shape index (κ1) is 16.8. The zero-order chi connectivity index (χ0) is 16.6. The summed E-state index contributed by atoms with van der Waals surface area (Å²) in [5, 5.41) is 3.02. The second kappa shape index (κ2) is 6.45. The number of anilines is 1. The van der Waals surface area contributed by atoms with Crippen molar-refractivity contribution >= 4 is 33.4 Å². The van der Waals surface area contributed by atoms with Gasteiger partial charge in [-0.15, -0.1) is 11.8 Å². The molecule has 7 heteroatoms. The van der Waals surface area contributed by atoms with Gasteiger partial charge in [-0.25, -0.2) is 8.42 Å². The maximum atomic E-state index is 12.8. The predicted molar refractivity (Wildman–Crippen MR) is 92.2 cm³/mol. The lowest BCUT2D eigenvalue weighted by Gasteiger charge is -2.29. The first-order valence-corrected chi connectivity index (χ1v) is 10.3. The van der Waals surface area contributed by atoms with Crippen molar-refractivity contribution in [3.8, 4) is 0 Å². The fraction of sp³-hybridized carbons (Fsp3) is 0.562. The molecule has 0 spiro atoms. The quantitative estimate of drug-likeness (QED) is 0.887. The third kappa shape index (κ3) is 3.56. The van der Waals surface area contributed by atoms with Gasteiger partial charge in [0.2, 0.25) is 15.9 Å². The Labute approximate surface area is 141 Å². The molecule has 3 rings (SSSR count). The minimum atomic E-state index is -3.49. The maximum absolute atomic E-state index is 12.8. The molecule has 1 N–H and O–H groups in total. The first-order valence-electron chi connectivity index (χ1n) is 7.97. The highest BCUT2D eigenvalue weighted by atomic mass is 32.2. The highest BCUT2D eigenvalue weighted by Gasteiger charge is 2.29. The van der Waals surface area contributed by atoms with E-state index in [-0.39, 0.29) is 16.1 Å². The van der Waals surface area contributed by atoms with Gasteiger partial charge in [0.1, 0.15) is 0 Å². The van der Waals surface area contributed by atoms with Crippen molar-refractivity contribution in [2.45, 2.75) is 48.2 Å². The summed E-state index contributed by atoms with van der Waals surface area (Å²) in [6.45, 7) is 5.29. The van der Waals surface area contributed by atoms with E-state index in [1.807, 2.05) is 13.0 Å². The van der Waals surface area contributed by atoms with Gasteiger partial charge in [0.25, 0.3) is 0 Å². The van der Waals surface area contributed by atoms with Crippen molar-refractivity contribution in [2.24, 2.45) is 5.92 Å². The molecule has 2 aliphatic heterocycles. The number of hydrogen-bond donors (Lipinski definition) is 1. The van der Waals surface area contributed by atoms with Crippen LogP contribution >= 0.6 is 11.8 Å². The van der Waals surface area contributed by atoms with Crippen LogP contribution in [0.4, 0.5) is 5.69 Å². The molecular weight excluding hydrogens is 332 g/mol. The highest BCUT2D eigenvalue weighted by Crippen LogP contribution is 2.37. The lowest BCUT2D eigenvalue weighted by Crippen LogP contribution is -2.37. The van der Waals surface area contributed by atoms with Crippen molar-refractivity contribution in [1.29, 1.82) is 0 Å². The molecule has 1 aromatic rings. The average molecular weight is 354 g/mol. The average Bonchev–Trinajstić information content (AvgIpc) is 2.63. The van der Waals surface area contributed by atoms with Crippen molar-refractivity contribution in [3.05, 3.63) is 18.2 Å². The van der Waals surface area contributed by atoms with E-state index in [0.29, 0.717) is 31.1 Å². The summed E-state index contributed by atoms with van der Waals surface area (Å²) in [5.74, 6) is 0.510. The lowest BCUT2D eigenvalue weighted by atomic mass is 10.0. The number of nitrogens with one attached hydrogen (secondary N) is 1. The van der Waals surface area contributed by atoms with Crippen LogP contribution in [0.15, 0.2) is 28.0 Å². The molecule has 1 unspecified atom stereocenters. The van der Waals surface area contributed by atoms with E-state index in [1.54, 1.807) is 28.2 Å². The SMILES string of the molecule is CC1CCN(S(=O)(=O)c2ccc3c(c2)NC(=O)CC(C)S3)CC1. The molecule has 1 amide bonds. The topological polar surface area (TPSA) is 66.5 Å². The van der Waals surface area contributed by atoms with Crippen LogP contribution in [0.3, 0.4) is 0 Å². The van der Waals surface area contributed by atoms with E-state index in [2.05, 4.69) is 12.2 Å². The first-order chi connectivity index (χ1) is 10.9. The predicted octanol–water partition coefficient (Wildman–Crippen LogP) is 2.93. The van der Waals surface area contributed by atoms with Crippen LogP contribution in [0.25, 0.3) is 0 Å². The molecule has 0 aromatic heterocycles. The van der Waals surface area contributed by atoms with Crippen LogP contribution < -0.4 is 5.32 Å². The number of carbonyl (C=O) groups is 1. The van der Waals surface area contributed by atoms with Gasteiger partial charge in [0, 0.05) is 29.7 Å². The zero-order valence-corrected chi connectivity index (χ0v) is 15.0. The summed E-state index contributed by atoms with van der Waals surface area (Å²) in [6, 6.07) is 5.07. The van der Waals surface area contributed by atoms with Gasteiger partial charge in [-0.05, 0) is 37.0 Å². The molecule has 5 nitrogen and oxygen atoms in total. The molecule has 0 radical (unpaired) electrons. The minimum Gasteiger partial charge on any atom is -0.325 e. The zero-order valence-electron chi connectivity index (χ0n) is 13.4. The van der Waals surface area contributed by atoms with Gasteiger partial charge < -0.3 is 5.32 Å². The van der Waals surface area contributed by atoms with E-state index in [9.17, 15) is 13.2 Å². The summed E-state index contributed by atoms with van der Waals surface area (Å²) in [5.41, 5.74) is 0.607. The molecule has 23 heavy (non-hydrogen) atoms. The number of nitrogens with zero attached hydrogens (tertiary/aromatic N) is 1. The van der Waals surface area contributed by atoms with E-state index < -0.39 is 10.0 Å². The number of amides is 1. The van der Waals surface area contributed by atoms with Gasteiger partial charge in [-0.1, -0.05) is 13.8 Å². The Morgan fingerprint density at radius 1 is 1.22 bits per heavy atom. The molecule has 2 aliphatic rings. The number of thioether (sulfide) groups is 1.